The highest BCUT2D eigenvalue weighted by atomic mass is 35.5. The summed E-state index contributed by atoms with van der Waals surface area (Å²) in [5, 5.41) is 2.97. The van der Waals surface area contributed by atoms with Gasteiger partial charge in [0.25, 0.3) is 5.91 Å². The highest BCUT2D eigenvalue weighted by Gasteiger charge is 2.13. The first kappa shape index (κ1) is 18.0. The summed E-state index contributed by atoms with van der Waals surface area (Å²) in [5.74, 6) is 0.479. The molecule has 0 saturated carbocycles. The van der Waals surface area contributed by atoms with Crippen molar-refractivity contribution >= 4 is 40.5 Å². The zero-order valence-corrected chi connectivity index (χ0v) is 14.7. The number of ether oxygens (including phenoxy) is 3. The molecule has 0 radical (unpaired) electrons. The van der Waals surface area contributed by atoms with Gasteiger partial charge in [-0.3, -0.25) is 15.6 Å². The predicted octanol–water partition coefficient (Wildman–Crippen LogP) is 2.60. The number of thiocarbonyl (C=S) groups is 1. The van der Waals surface area contributed by atoms with Crippen molar-refractivity contribution in [1.29, 1.82) is 0 Å². The van der Waals surface area contributed by atoms with Gasteiger partial charge in [-0.1, -0.05) is 11.6 Å². The summed E-state index contributed by atoms with van der Waals surface area (Å²) >= 11 is 10.7. The zero-order chi connectivity index (χ0) is 18.5. The summed E-state index contributed by atoms with van der Waals surface area (Å²) in [6.45, 7) is -0.127. The number of rotatable bonds is 4. The van der Waals surface area contributed by atoms with Crippen molar-refractivity contribution in [1.82, 2.24) is 10.9 Å². The lowest BCUT2D eigenvalue weighted by atomic mass is 10.3. The Labute approximate surface area is 158 Å². The number of carbonyl (C=O) groups excluding carboxylic acids is 1. The minimum absolute atomic E-state index is 0.0878. The fraction of sp³-hybridized carbons (Fsp3) is 0.125. The summed E-state index contributed by atoms with van der Waals surface area (Å²) in [5.41, 5.74) is 5.57. The van der Waals surface area contributed by atoms with Gasteiger partial charge in [0.05, 0.1) is 5.02 Å². The van der Waals surface area contributed by atoms with E-state index in [0.29, 0.717) is 17.2 Å². The number of halogens is 2. The van der Waals surface area contributed by atoms with Crippen molar-refractivity contribution in [2.24, 2.45) is 0 Å². The van der Waals surface area contributed by atoms with Crippen LogP contribution in [-0.4, -0.2) is 24.4 Å². The van der Waals surface area contributed by atoms with E-state index in [0.717, 1.165) is 6.07 Å². The van der Waals surface area contributed by atoms with Crippen LogP contribution in [0.3, 0.4) is 0 Å². The molecule has 26 heavy (non-hydrogen) atoms. The fourth-order valence-electron chi connectivity index (χ4n) is 2.01. The second-order valence-corrected chi connectivity index (χ2v) is 5.88. The minimum atomic E-state index is -0.565. The number of amides is 1. The van der Waals surface area contributed by atoms with Crippen LogP contribution in [0.1, 0.15) is 0 Å². The number of carbonyl (C=O) groups is 1. The van der Waals surface area contributed by atoms with Gasteiger partial charge < -0.3 is 19.5 Å². The van der Waals surface area contributed by atoms with E-state index in [-0.39, 0.29) is 29.3 Å². The topological polar surface area (TPSA) is 80.9 Å². The number of hydrogen-bond acceptors (Lipinski definition) is 5. The normalized spacial score (nSPS) is 11.6. The maximum absolute atomic E-state index is 13.0. The molecule has 2 aromatic carbocycles. The van der Waals surface area contributed by atoms with Gasteiger partial charge in [-0.25, -0.2) is 4.39 Å². The van der Waals surface area contributed by atoms with Gasteiger partial charge in [-0.05, 0) is 36.5 Å². The highest BCUT2D eigenvalue weighted by molar-refractivity contribution is 7.80. The number of benzene rings is 2. The zero-order valence-electron chi connectivity index (χ0n) is 13.2. The van der Waals surface area contributed by atoms with Gasteiger partial charge in [-0.2, -0.15) is 0 Å². The van der Waals surface area contributed by atoms with Crippen molar-refractivity contribution in [3.05, 3.63) is 47.2 Å². The van der Waals surface area contributed by atoms with Crippen LogP contribution in [0.25, 0.3) is 0 Å². The molecular weight excluding hydrogens is 385 g/mol. The van der Waals surface area contributed by atoms with Crippen LogP contribution >= 0.6 is 23.8 Å². The Morgan fingerprint density at radius 3 is 2.81 bits per heavy atom. The van der Waals surface area contributed by atoms with E-state index in [1.165, 1.54) is 12.1 Å². The number of anilines is 1. The first-order valence-electron chi connectivity index (χ1n) is 7.34. The monoisotopic (exact) mass is 397 g/mol. The van der Waals surface area contributed by atoms with E-state index in [1.54, 1.807) is 18.2 Å². The van der Waals surface area contributed by atoms with Crippen LogP contribution in [0.15, 0.2) is 36.4 Å². The van der Waals surface area contributed by atoms with Gasteiger partial charge in [0.15, 0.2) is 23.2 Å². The quantitative estimate of drug-likeness (QED) is 0.540. The highest BCUT2D eigenvalue weighted by Crippen LogP contribution is 2.34. The molecule has 10 heteroatoms. The standard InChI is InChI=1S/C16H13ClFN3O4S/c17-11-6-10(2-3-12(11)18)23-7-15(22)20-21-16(26)19-9-1-4-13-14(5-9)25-8-24-13/h1-6H,7-8H2,(H,20,22)(H2,19,21,26). The third-order valence-electron chi connectivity index (χ3n) is 3.21. The average molecular weight is 398 g/mol. The molecular formula is C16H13ClFN3O4S. The Hall–Kier alpha value is -2.78. The van der Waals surface area contributed by atoms with Gasteiger partial charge in [0.2, 0.25) is 6.79 Å². The molecule has 0 fully saturated rings. The molecule has 0 bridgehead atoms. The van der Waals surface area contributed by atoms with Crippen LogP contribution in [0.2, 0.25) is 5.02 Å². The molecule has 2 aromatic rings. The summed E-state index contributed by atoms with van der Waals surface area (Å²) in [6.07, 6.45) is 0. The predicted molar refractivity (Wildman–Crippen MR) is 97.0 cm³/mol. The molecule has 0 aromatic heterocycles. The molecule has 0 aliphatic carbocycles. The molecule has 3 N–H and O–H groups in total. The molecule has 1 amide bonds. The van der Waals surface area contributed by atoms with Crippen LogP contribution < -0.4 is 30.4 Å². The van der Waals surface area contributed by atoms with E-state index in [2.05, 4.69) is 16.2 Å². The van der Waals surface area contributed by atoms with Crippen LogP contribution in [0, 0.1) is 5.82 Å². The largest absolute Gasteiger partial charge is 0.484 e. The van der Waals surface area contributed by atoms with Crippen LogP contribution in [-0.2, 0) is 4.79 Å². The first-order chi connectivity index (χ1) is 12.5. The maximum atomic E-state index is 13.0. The van der Waals surface area contributed by atoms with Gasteiger partial charge in [-0.15, -0.1) is 0 Å². The average Bonchev–Trinajstić information content (AvgIpc) is 3.08. The molecule has 7 nitrogen and oxygen atoms in total. The van der Waals surface area contributed by atoms with E-state index < -0.39 is 11.7 Å². The van der Waals surface area contributed by atoms with Gasteiger partial charge >= 0.3 is 0 Å². The van der Waals surface area contributed by atoms with Crippen molar-refractivity contribution in [2.45, 2.75) is 0 Å². The molecule has 1 heterocycles. The minimum Gasteiger partial charge on any atom is -0.484 e. The van der Waals surface area contributed by atoms with E-state index in [1.807, 2.05) is 0 Å². The molecule has 3 rings (SSSR count). The van der Waals surface area contributed by atoms with Crippen molar-refractivity contribution in [3.63, 3.8) is 0 Å². The summed E-state index contributed by atoms with van der Waals surface area (Å²) in [7, 11) is 0. The third kappa shape index (κ3) is 4.64. The maximum Gasteiger partial charge on any atom is 0.276 e. The van der Waals surface area contributed by atoms with Gasteiger partial charge in [0.1, 0.15) is 11.6 Å². The summed E-state index contributed by atoms with van der Waals surface area (Å²) in [4.78, 5) is 11.7. The molecule has 0 saturated heterocycles. The molecule has 0 atom stereocenters. The Morgan fingerprint density at radius 2 is 2.00 bits per heavy atom. The summed E-state index contributed by atoms with van der Waals surface area (Å²) < 4.78 is 28.7. The Balaban J connectivity index is 1.42. The van der Waals surface area contributed by atoms with Crippen LogP contribution in [0.4, 0.5) is 10.1 Å². The van der Waals surface area contributed by atoms with E-state index in [9.17, 15) is 9.18 Å². The Bertz CT molecular complexity index is 852. The molecule has 1 aliphatic heterocycles. The number of hydrazine groups is 1. The van der Waals surface area contributed by atoms with Crippen molar-refractivity contribution < 1.29 is 23.4 Å². The second-order valence-electron chi connectivity index (χ2n) is 5.06. The lowest BCUT2D eigenvalue weighted by Crippen LogP contribution is -2.45. The number of nitrogens with one attached hydrogen (secondary N) is 3. The number of hydrogen-bond donors (Lipinski definition) is 3. The van der Waals surface area contributed by atoms with Crippen LogP contribution in [0.5, 0.6) is 17.2 Å². The third-order valence-corrected chi connectivity index (χ3v) is 3.70. The molecule has 136 valence electrons. The first-order valence-corrected chi connectivity index (χ1v) is 8.13. The van der Waals surface area contributed by atoms with E-state index >= 15 is 0 Å². The molecule has 1 aliphatic rings. The van der Waals surface area contributed by atoms with Crippen molar-refractivity contribution in [3.8, 4) is 17.2 Å². The fourth-order valence-corrected chi connectivity index (χ4v) is 2.35. The van der Waals surface area contributed by atoms with Crippen molar-refractivity contribution in [2.75, 3.05) is 18.7 Å². The number of fused-ring (bicyclic) bond motifs is 1. The Morgan fingerprint density at radius 1 is 1.19 bits per heavy atom. The smallest absolute Gasteiger partial charge is 0.276 e. The summed E-state index contributed by atoms with van der Waals surface area (Å²) in [6, 6.07) is 9.02. The molecule has 0 spiro atoms. The molecule has 0 unspecified atom stereocenters. The van der Waals surface area contributed by atoms with E-state index in [4.69, 9.17) is 38.0 Å². The SMILES string of the molecule is O=C(COc1ccc(F)c(Cl)c1)NNC(=S)Nc1ccc2c(c1)OCO2. The lowest BCUT2D eigenvalue weighted by molar-refractivity contribution is -0.123. The lowest BCUT2D eigenvalue weighted by Gasteiger charge is -2.12. The second kappa shape index (κ2) is 8.07. The van der Waals surface area contributed by atoms with Gasteiger partial charge in [0, 0.05) is 17.8 Å². The Kier molecular flexibility index (Phi) is 5.59.